The van der Waals surface area contributed by atoms with Crippen molar-refractivity contribution in [2.24, 2.45) is 5.10 Å². The quantitative estimate of drug-likeness (QED) is 0.459. The van der Waals surface area contributed by atoms with Crippen molar-refractivity contribution in [2.75, 3.05) is 5.32 Å². The highest BCUT2D eigenvalue weighted by Crippen LogP contribution is 2.09. The molecule has 1 aromatic carbocycles. The minimum atomic E-state index is -0.251. The number of anilines is 1. The van der Waals surface area contributed by atoms with Crippen LogP contribution in [-0.2, 0) is 4.79 Å². The Kier molecular flexibility index (Phi) is 7.15. The van der Waals surface area contributed by atoms with Crippen molar-refractivity contribution in [3.05, 3.63) is 29.8 Å². The average Bonchev–Trinajstić information content (AvgIpc) is 2.45. The van der Waals surface area contributed by atoms with E-state index in [0.717, 1.165) is 18.6 Å². The van der Waals surface area contributed by atoms with Crippen LogP contribution >= 0.6 is 0 Å². The third-order valence-corrected chi connectivity index (χ3v) is 2.96. The SMILES string of the molecule is CCCCC/C(C)=N/NC(=O)c1ccc(NC(C)=O)cc1. The van der Waals surface area contributed by atoms with Gasteiger partial charge in [0.15, 0.2) is 0 Å². The second-order valence-corrected chi connectivity index (χ2v) is 5.00. The standard InChI is InChI=1S/C16H23N3O2/c1-4-5-6-7-12(2)18-19-16(21)14-8-10-15(11-9-14)17-13(3)20/h8-11H,4-7H2,1-3H3,(H,17,20)(H,19,21)/b18-12+. The lowest BCUT2D eigenvalue weighted by molar-refractivity contribution is -0.114. The van der Waals surface area contributed by atoms with Crippen molar-refractivity contribution >= 4 is 23.2 Å². The Morgan fingerprint density at radius 3 is 2.33 bits per heavy atom. The largest absolute Gasteiger partial charge is 0.326 e. The summed E-state index contributed by atoms with van der Waals surface area (Å²) < 4.78 is 0. The van der Waals surface area contributed by atoms with E-state index in [1.807, 2.05) is 6.92 Å². The minimum absolute atomic E-state index is 0.139. The van der Waals surface area contributed by atoms with E-state index in [-0.39, 0.29) is 11.8 Å². The molecular formula is C16H23N3O2. The van der Waals surface area contributed by atoms with Crippen molar-refractivity contribution in [3.8, 4) is 0 Å². The fraction of sp³-hybridized carbons (Fsp3) is 0.438. The van der Waals surface area contributed by atoms with E-state index in [1.165, 1.54) is 19.8 Å². The van der Waals surface area contributed by atoms with E-state index in [1.54, 1.807) is 24.3 Å². The zero-order valence-electron chi connectivity index (χ0n) is 12.9. The molecule has 0 bridgehead atoms. The zero-order chi connectivity index (χ0) is 15.7. The monoisotopic (exact) mass is 289 g/mol. The van der Waals surface area contributed by atoms with Gasteiger partial charge in [0.25, 0.3) is 5.91 Å². The summed E-state index contributed by atoms with van der Waals surface area (Å²) in [6.07, 6.45) is 4.33. The normalized spacial score (nSPS) is 11.1. The van der Waals surface area contributed by atoms with E-state index in [2.05, 4.69) is 22.8 Å². The van der Waals surface area contributed by atoms with Gasteiger partial charge in [0, 0.05) is 23.9 Å². The summed E-state index contributed by atoms with van der Waals surface area (Å²) in [4.78, 5) is 22.8. The van der Waals surface area contributed by atoms with Gasteiger partial charge in [-0.1, -0.05) is 19.8 Å². The molecule has 114 valence electrons. The van der Waals surface area contributed by atoms with E-state index < -0.39 is 0 Å². The summed E-state index contributed by atoms with van der Waals surface area (Å²) in [5, 5.41) is 6.74. The Hall–Kier alpha value is -2.17. The second-order valence-electron chi connectivity index (χ2n) is 5.00. The van der Waals surface area contributed by atoms with Crippen molar-refractivity contribution in [3.63, 3.8) is 0 Å². The molecule has 0 aliphatic heterocycles. The van der Waals surface area contributed by atoms with E-state index in [0.29, 0.717) is 11.3 Å². The molecule has 0 spiro atoms. The predicted molar refractivity (Wildman–Crippen MR) is 85.5 cm³/mol. The maximum atomic E-state index is 11.9. The summed E-state index contributed by atoms with van der Waals surface area (Å²) in [5.41, 5.74) is 4.64. The molecule has 0 aliphatic rings. The Bertz CT molecular complexity index is 507. The topological polar surface area (TPSA) is 70.6 Å². The molecule has 5 nitrogen and oxygen atoms in total. The van der Waals surface area contributed by atoms with E-state index >= 15 is 0 Å². The van der Waals surface area contributed by atoms with Gasteiger partial charge in [-0.25, -0.2) is 5.43 Å². The first-order valence-electron chi connectivity index (χ1n) is 7.24. The summed E-state index contributed by atoms with van der Waals surface area (Å²) in [7, 11) is 0. The van der Waals surface area contributed by atoms with Gasteiger partial charge >= 0.3 is 0 Å². The van der Waals surface area contributed by atoms with Crippen LogP contribution in [0.1, 0.15) is 56.8 Å². The van der Waals surface area contributed by atoms with Crippen LogP contribution in [0.2, 0.25) is 0 Å². The summed E-state index contributed by atoms with van der Waals surface area (Å²) in [6, 6.07) is 6.69. The predicted octanol–water partition coefficient (Wildman–Crippen LogP) is 3.33. The number of carbonyl (C=O) groups excluding carboxylic acids is 2. The Morgan fingerprint density at radius 1 is 1.10 bits per heavy atom. The third kappa shape index (κ3) is 6.70. The lowest BCUT2D eigenvalue weighted by atomic mass is 10.1. The fourth-order valence-corrected chi connectivity index (χ4v) is 1.81. The van der Waals surface area contributed by atoms with Gasteiger partial charge in [0.05, 0.1) is 0 Å². The lowest BCUT2D eigenvalue weighted by Gasteiger charge is -2.05. The molecule has 0 fully saturated rings. The summed E-state index contributed by atoms with van der Waals surface area (Å²) >= 11 is 0. The molecule has 2 amide bonds. The van der Waals surface area contributed by atoms with Crippen LogP contribution in [-0.4, -0.2) is 17.5 Å². The molecule has 0 atom stereocenters. The summed E-state index contributed by atoms with van der Waals surface area (Å²) in [6.45, 7) is 5.51. The van der Waals surface area contributed by atoms with E-state index in [4.69, 9.17) is 0 Å². The van der Waals surface area contributed by atoms with Crippen LogP contribution in [0.25, 0.3) is 0 Å². The number of unbranched alkanes of at least 4 members (excludes halogenated alkanes) is 2. The smallest absolute Gasteiger partial charge is 0.271 e. The molecule has 2 N–H and O–H groups in total. The van der Waals surface area contributed by atoms with Crippen molar-refractivity contribution < 1.29 is 9.59 Å². The fourth-order valence-electron chi connectivity index (χ4n) is 1.81. The molecule has 5 heteroatoms. The van der Waals surface area contributed by atoms with Crippen LogP contribution in [0.3, 0.4) is 0 Å². The van der Waals surface area contributed by atoms with Crippen LogP contribution in [0.15, 0.2) is 29.4 Å². The number of hydrogen-bond acceptors (Lipinski definition) is 3. The first kappa shape index (κ1) is 16.9. The first-order chi connectivity index (χ1) is 10.0. The summed E-state index contributed by atoms with van der Waals surface area (Å²) in [5.74, 6) is -0.390. The minimum Gasteiger partial charge on any atom is -0.326 e. The van der Waals surface area contributed by atoms with Crippen molar-refractivity contribution in [2.45, 2.75) is 46.5 Å². The van der Waals surface area contributed by atoms with Gasteiger partial charge in [-0.05, 0) is 44.0 Å². The number of nitrogens with zero attached hydrogens (tertiary/aromatic N) is 1. The second kappa shape index (κ2) is 8.89. The molecule has 0 aliphatic carbocycles. The molecular weight excluding hydrogens is 266 g/mol. The zero-order valence-corrected chi connectivity index (χ0v) is 12.9. The Morgan fingerprint density at radius 2 is 1.76 bits per heavy atom. The molecule has 21 heavy (non-hydrogen) atoms. The number of benzene rings is 1. The number of rotatable bonds is 7. The number of carbonyl (C=O) groups is 2. The van der Waals surface area contributed by atoms with Crippen LogP contribution in [0, 0.1) is 0 Å². The van der Waals surface area contributed by atoms with Gasteiger partial charge in [-0.15, -0.1) is 0 Å². The number of hydrogen-bond donors (Lipinski definition) is 2. The average molecular weight is 289 g/mol. The molecule has 0 saturated heterocycles. The maximum Gasteiger partial charge on any atom is 0.271 e. The highest BCUT2D eigenvalue weighted by Gasteiger charge is 2.05. The van der Waals surface area contributed by atoms with Gasteiger partial charge in [-0.2, -0.15) is 5.10 Å². The van der Waals surface area contributed by atoms with E-state index in [9.17, 15) is 9.59 Å². The first-order valence-corrected chi connectivity index (χ1v) is 7.24. The molecule has 0 aromatic heterocycles. The van der Waals surface area contributed by atoms with Crippen molar-refractivity contribution in [1.82, 2.24) is 5.43 Å². The van der Waals surface area contributed by atoms with Crippen LogP contribution in [0.4, 0.5) is 5.69 Å². The maximum absolute atomic E-state index is 11.9. The lowest BCUT2D eigenvalue weighted by Crippen LogP contribution is -2.19. The van der Waals surface area contributed by atoms with Gasteiger partial charge in [0.2, 0.25) is 5.91 Å². The molecule has 0 heterocycles. The van der Waals surface area contributed by atoms with Gasteiger partial charge < -0.3 is 5.32 Å². The van der Waals surface area contributed by atoms with Gasteiger partial charge in [-0.3, -0.25) is 9.59 Å². The van der Waals surface area contributed by atoms with Gasteiger partial charge in [0.1, 0.15) is 0 Å². The number of hydrazone groups is 1. The highest BCUT2D eigenvalue weighted by atomic mass is 16.2. The van der Waals surface area contributed by atoms with Crippen molar-refractivity contribution in [1.29, 1.82) is 0 Å². The third-order valence-electron chi connectivity index (χ3n) is 2.96. The van der Waals surface area contributed by atoms with Crippen LogP contribution < -0.4 is 10.7 Å². The molecule has 0 radical (unpaired) electrons. The number of amides is 2. The molecule has 1 aromatic rings. The van der Waals surface area contributed by atoms with Crippen LogP contribution in [0.5, 0.6) is 0 Å². The Balaban J connectivity index is 2.51. The Labute approximate surface area is 125 Å². The molecule has 1 rings (SSSR count). The molecule has 0 saturated carbocycles. The molecule has 0 unspecified atom stereocenters. The highest BCUT2D eigenvalue weighted by molar-refractivity contribution is 5.96. The number of nitrogens with one attached hydrogen (secondary N) is 2.